The van der Waals surface area contributed by atoms with Crippen molar-refractivity contribution in [1.82, 2.24) is 10.4 Å². The van der Waals surface area contributed by atoms with Crippen molar-refractivity contribution in [3.8, 4) is 0 Å². The van der Waals surface area contributed by atoms with E-state index in [2.05, 4.69) is 4.99 Å². The number of amidine groups is 1. The number of hydrogen-bond donors (Lipinski definition) is 3. The fraction of sp³-hybridized carbons (Fsp3) is 0.714. The van der Waals surface area contributed by atoms with Crippen LogP contribution in [0.1, 0.15) is 71.6 Å². The van der Waals surface area contributed by atoms with Crippen molar-refractivity contribution < 1.29 is 24.7 Å². The molecule has 168 valence electrons. The van der Waals surface area contributed by atoms with Crippen molar-refractivity contribution in [2.45, 2.75) is 77.7 Å². The van der Waals surface area contributed by atoms with Crippen LogP contribution in [-0.4, -0.2) is 51.4 Å². The van der Waals surface area contributed by atoms with Gasteiger partial charge >= 0.3 is 0 Å². The van der Waals surface area contributed by atoms with Gasteiger partial charge in [-0.2, -0.15) is 4.99 Å². The van der Waals surface area contributed by atoms with E-state index in [1.54, 1.807) is 10.4 Å². The van der Waals surface area contributed by atoms with E-state index in [-0.39, 0.29) is 29.3 Å². The maximum Gasteiger partial charge on any atom is 0.270 e. The van der Waals surface area contributed by atoms with Gasteiger partial charge in [0.2, 0.25) is 17.6 Å². The van der Waals surface area contributed by atoms with Gasteiger partial charge in [0.05, 0.1) is 6.08 Å². The number of aliphatic imine (C=N–C) groups is 1. The fourth-order valence-electron chi connectivity index (χ4n) is 4.72. The Morgan fingerprint density at radius 1 is 1.37 bits per heavy atom. The summed E-state index contributed by atoms with van der Waals surface area (Å²) in [5, 5.41) is 16.4. The third-order valence-corrected chi connectivity index (χ3v) is 6.16. The number of likely N-dealkylation sites (tertiary alicyclic amines) is 1. The summed E-state index contributed by atoms with van der Waals surface area (Å²) in [6.45, 7) is 4.02. The molecule has 0 aromatic heterocycles. The third-order valence-electron chi connectivity index (χ3n) is 6.16. The lowest BCUT2D eigenvalue weighted by Gasteiger charge is -2.28. The molecule has 2 aliphatic rings. The molecule has 0 bridgehead atoms. The summed E-state index contributed by atoms with van der Waals surface area (Å²) in [6, 6.07) is -0.713. The van der Waals surface area contributed by atoms with Gasteiger partial charge in [-0.3, -0.25) is 19.6 Å². The summed E-state index contributed by atoms with van der Waals surface area (Å²) in [5.41, 5.74) is 7.29. The highest BCUT2D eigenvalue weighted by Crippen LogP contribution is 2.48. The maximum absolute atomic E-state index is 13.4. The quantitative estimate of drug-likeness (QED) is 0.135. The Morgan fingerprint density at radius 3 is 2.60 bits per heavy atom. The second-order valence-corrected chi connectivity index (χ2v) is 8.67. The topological polar surface area (TPSA) is 148 Å². The van der Waals surface area contributed by atoms with Crippen molar-refractivity contribution in [2.75, 3.05) is 6.54 Å². The first kappa shape index (κ1) is 23.9. The molecule has 1 aliphatic heterocycles. The molecular formula is C21H35N4O5+. The SMILES string of the molecule is CCCC[C@H](CC(=O)NO)C(=O)N1CC2(CCCC2)C[C@H]1C(=O)N=C(N)/C=C(/C)[OH2+]. The smallest absolute Gasteiger partial charge is 0.270 e. The number of rotatable bonds is 8. The van der Waals surface area contributed by atoms with Crippen molar-refractivity contribution in [3.05, 3.63) is 11.8 Å². The van der Waals surface area contributed by atoms with Crippen LogP contribution in [0.15, 0.2) is 16.8 Å². The number of hydroxylamine groups is 1. The highest BCUT2D eigenvalue weighted by molar-refractivity contribution is 6.02. The Bertz CT molecular complexity index is 708. The van der Waals surface area contributed by atoms with E-state index < -0.39 is 23.8 Å². The van der Waals surface area contributed by atoms with Crippen LogP contribution >= 0.6 is 0 Å². The average molecular weight is 424 g/mol. The zero-order valence-corrected chi connectivity index (χ0v) is 17.9. The molecule has 1 aliphatic carbocycles. The lowest BCUT2D eigenvalue weighted by molar-refractivity contribution is -0.144. The first-order valence-corrected chi connectivity index (χ1v) is 10.7. The molecule has 0 radical (unpaired) electrons. The standard InChI is InChI=1S/C21H34N4O5/c1-3-4-7-15(11-18(27)24-30)20(29)25-13-21(8-5-6-9-21)12-16(25)19(28)23-17(22)10-14(2)26/h10,15-16,26,30H,3-9,11-13H2,1-2H3,(H,24,27)(H2,22,23,28)/p+1/b14-10-/t15-,16+/m1/s1. The fourth-order valence-corrected chi connectivity index (χ4v) is 4.72. The van der Waals surface area contributed by atoms with E-state index in [1.165, 1.54) is 13.0 Å². The number of nitrogens with two attached hydrogens (primary N) is 1. The summed E-state index contributed by atoms with van der Waals surface area (Å²) in [6.07, 6.45) is 7.95. The van der Waals surface area contributed by atoms with Gasteiger partial charge < -0.3 is 15.7 Å². The molecule has 2 atom stereocenters. The van der Waals surface area contributed by atoms with Gasteiger partial charge in [-0.15, -0.1) is 0 Å². The molecule has 6 N–H and O–H groups in total. The van der Waals surface area contributed by atoms with Gasteiger partial charge in [0.1, 0.15) is 11.9 Å². The Labute approximate surface area is 177 Å². The van der Waals surface area contributed by atoms with E-state index in [1.807, 2.05) is 6.92 Å². The summed E-state index contributed by atoms with van der Waals surface area (Å²) in [4.78, 5) is 43.6. The lowest BCUT2D eigenvalue weighted by atomic mass is 9.84. The molecule has 2 fully saturated rings. The molecule has 3 amide bonds. The molecule has 1 saturated heterocycles. The Kier molecular flexibility index (Phi) is 8.40. The number of amides is 3. The molecule has 1 saturated carbocycles. The number of nitrogens with zero attached hydrogens (tertiary/aromatic N) is 2. The maximum atomic E-state index is 13.4. The van der Waals surface area contributed by atoms with Gasteiger partial charge in [0.25, 0.3) is 5.91 Å². The van der Waals surface area contributed by atoms with Gasteiger partial charge in [-0.25, -0.2) is 5.48 Å². The van der Waals surface area contributed by atoms with E-state index in [0.29, 0.717) is 19.4 Å². The van der Waals surface area contributed by atoms with Crippen LogP contribution in [0.5, 0.6) is 0 Å². The number of allylic oxidation sites excluding steroid dienone is 1. The van der Waals surface area contributed by atoms with Gasteiger partial charge in [0, 0.05) is 25.8 Å². The Hall–Kier alpha value is -2.42. The van der Waals surface area contributed by atoms with E-state index in [9.17, 15) is 14.4 Å². The molecule has 1 spiro atoms. The number of hydrogen-bond acceptors (Lipinski definition) is 4. The van der Waals surface area contributed by atoms with Crippen LogP contribution in [-0.2, 0) is 14.4 Å². The van der Waals surface area contributed by atoms with E-state index in [4.69, 9.17) is 16.0 Å². The van der Waals surface area contributed by atoms with Crippen molar-refractivity contribution in [2.24, 2.45) is 22.1 Å². The number of carbonyl (C=O) groups is 3. The van der Waals surface area contributed by atoms with E-state index in [0.717, 1.165) is 38.5 Å². The van der Waals surface area contributed by atoms with E-state index >= 15 is 0 Å². The summed E-state index contributed by atoms with van der Waals surface area (Å²) >= 11 is 0. The van der Waals surface area contributed by atoms with Gasteiger partial charge in [-0.05, 0) is 31.1 Å². The predicted octanol–water partition coefficient (Wildman–Crippen LogP) is 1.36. The second kappa shape index (κ2) is 10.6. The summed E-state index contributed by atoms with van der Waals surface area (Å²) in [7, 11) is 0. The number of unbranched alkanes of at least 4 members (excludes halogenated alkanes) is 1. The monoisotopic (exact) mass is 423 g/mol. The molecule has 30 heavy (non-hydrogen) atoms. The third kappa shape index (κ3) is 6.04. The largest absolute Gasteiger partial charge is 0.597 e. The predicted molar refractivity (Wildman–Crippen MR) is 113 cm³/mol. The molecule has 0 aromatic carbocycles. The average Bonchev–Trinajstić information content (AvgIpc) is 3.30. The molecule has 9 heteroatoms. The first-order chi connectivity index (χ1) is 14.2. The van der Waals surface area contributed by atoms with Crippen LogP contribution in [0, 0.1) is 11.3 Å². The zero-order valence-electron chi connectivity index (χ0n) is 17.9. The molecule has 2 rings (SSSR count). The Balaban J connectivity index is 2.29. The van der Waals surface area contributed by atoms with Crippen LogP contribution in [0.3, 0.4) is 0 Å². The molecule has 9 nitrogen and oxygen atoms in total. The molecule has 0 unspecified atom stereocenters. The summed E-state index contributed by atoms with van der Waals surface area (Å²) in [5.74, 6) is -1.79. The minimum atomic E-state index is -0.713. The van der Waals surface area contributed by atoms with Crippen LogP contribution in [0.25, 0.3) is 0 Å². The van der Waals surface area contributed by atoms with Crippen molar-refractivity contribution in [1.29, 1.82) is 0 Å². The zero-order chi connectivity index (χ0) is 22.3. The van der Waals surface area contributed by atoms with Crippen LogP contribution in [0.4, 0.5) is 0 Å². The minimum absolute atomic E-state index is 0.0468. The van der Waals surface area contributed by atoms with Crippen molar-refractivity contribution in [3.63, 3.8) is 0 Å². The Morgan fingerprint density at radius 2 is 2.03 bits per heavy atom. The number of carbonyl (C=O) groups excluding carboxylic acids is 3. The molecule has 0 aromatic rings. The first-order valence-electron chi connectivity index (χ1n) is 10.7. The number of nitrogens with one attached hydrogen (secondary N) is 1. The highest BCUT2D eigenvalue weighted by atomic mass is 16.5. The van der Waals surface area contributed by atoms with Gasteiger partial charge in [0.15, 0.2) is 0 Å². The molecule has 1 heterocycles. The van der Waals surface area contributed by atoms with Gasteiger partial charge in [-0.1, -0.05) is 32.6 Å². The minimum Gasteiger partial charge on any atom is -0.597 e. The normalized spacial score (nSPS) is 22.4. The second-order valence-electron chi connectivity index (χ2n) is 8.67. The summed E-state index contributed by atoms with van der Waals surface area (Å²) < 4.78 is 0. The van der Waals surface area contributed by atoms with Crippen molar-refractivity contribution >= 4 is 23.6 Å². The molecular weight excluding hydrogens is 388 g/mol. The van der Waals surface area contributed by atoms with Crippen LogP contribution < -0.4 is 11.2 Å². The van der Waals surface area contributed by atoms with Crippen LogP contribution in [0.2, 0.25) is 0 Å². The lowest BCUT2D eigenvalue weighted by Crippen LogP contribution is -2.44. The highest BCUT2D eigenvalue weighted by Gasteiger charge is 2.50.